The highest BCUT2D eigenvalue weighted by atomic mass is 16.8. The molecule has 8 heteroatoms. The van der Waals surface area contributed by atoms with Gasteiger partial charge in [0.1, 0.15) is 16.9 Å². The first-order valence-corrected chi connectivity index (χ1v) is 13.0. The van der Waals surface area contributed by atoms with Crippen LogP contribution in [0.15, 0.2) is 22.6 Å². The Hall–Kier alpha value is -2.29. The van der Waals surface area contributed by atoms with E-state index in [4.69, 9.17) is 13.9 Å². The molecule has 6 unspecified atom stereocenters. The molecule has 2 saturated heterocycles. The highest BCUT2D eigenvalue weighted by Gasteiger charge is 2.71. The molecule has 0 saturated carbocycles. The molecular weight excluding hydrogens is 462 g/mol. The third kappa shape index (κ3) is 5.08. The van der Waals surface area contributed by atoms with E-state index in [1.807, 2.05) is 20.8 Å². The highest BCUT2D eigenvalue weighted by molar-refractivity contribution is 5.86. The number of aromatic nitrogens is 1. The fourth-order valence-corrected chi connectivity index (χ4v) is 5.70. The predicted octanol–water partition coefficient (Wildman–Crippen LogP) is 4.78. The number of fused-ring (bicyclic) bond motifs is 2. The summed E-state index contributed by atoms with van der Waals surface area (Å²) < 4.78 is 17.1. The number of carbonyl (C=O) groups is 2. The van der Waals surface area contributed by atoms with Crippen molar-refractivity contribution in [3.05, 3.63) is 29.7 Å². The van der Waals surface area contributed by atoms with Gasteiger partial charge in [0.2, 0.25) is 5.79 Å². The van der Waals surface area contributed by atoms with Gasteiger partial charge in [0.25, 0.3) is 0 Å². The third-order valence-corrected chi connectivity index (χ3v) is 8.07. The Morgan fingerprint density at radius 3 is 2.56 bits per heavy atom. The van der Waals surface area contributed by atoms with Crippen LogP contribution in [0, 0.1) is 24.2 Å². The van der Waals surface area contributed by atoms with E-state index >= 15 is 0 Å². The lowest BCUT2D eigenvalue weighted by atomic mass is 9.75. The summed E-state index contributed by atoms with van der Waals surface area (Å²) in [5, 5.41) is 22.6. The average molecular weight is 502 g/mol. The summed E-state index contributed by atoms with van der Waals surface area (Å²) in [6, 6.07) is 5.07. The summed E-state index contributed by atoms with van der Waals surface area (Å²) in [6.45, 7) is 11.3. The lowest BCUT2D eigenvalue weighted by Gasteiger charge is -2.30. The first-order valence-electron chi connectivity index (χ1n) is 13.0. The van der Waals surface area contributed by atoms with Gasteiger partial charge in [-0.2, -0.15) is 0 Å². The van der Waals surface area contributed by atoms with Crippen LogP contribution in [-0.4, -0.2) is 44.4 Å². The van der Waals surface area contributed by atoms with Crippen molar-refractivity contribution in [2.45, 2.75) is 104 Å². The van der Waals surface area contributed by atoms with E-state index in [2.05, 4.69) is 11.9 Å². The fraction of sp³-hybridized carbons (Fsp3) is 0.679. The van der Waals surface area contributed by atoms with Gasteiger partial charge in [-0.15, -0.1) is 0 Å². The van der Waals surface area contributed by atoms with Crippen LogP contribution in [0.25, 0.3) is 11.1 Å². The Kier molecular flexibility index (Phi) is 7.09. The number of benzene rings is 1. The van der Waals surface area contributed by atoms with Gasteiger partial charge in [-0.1, -0.05) is 46.6 Å². The third-order valence-electron chi connectivity index (χ3n) is 8.07. The minimum absolute atomic E-state index is 0.00605. The van der Waals surface area contributed by atoms with Crippen LogP contribution in [0.1, 0.15) is 90.7 Å². The van der Waals surface area contributed by atoms with Gasteiger partial charge in [0, 0.05) is 24.7 Å². The van der Waals surface area contributed by atoms with Gasteiger partial charge in [-0.05, 0) is 49.8 Å². The summed E-state index contributed by atoms with van der Waals surface area (Å²) in [6.07, 6.45) is 0.574. The molecule has 0 aliphatic carbocycles. The molecule has 6 atom stereocenters. The number of epoxide rings is 1. The number of aliphatic hydroxyl groups excluding tert-OH is 1. The van der Waals surface area contributed by atoms with Gasteiger partial charge >= 0.3 is 5.97 Å². The number of aliphatic hydroxyl groups is 2. The quantitative estimate of drug-likeness (QED) is 0.423. The van der Waals surface area contributed by atoms with Crippen molar-refractivity contribution in [2.75, 3.05) is 0 Å². The Labute approximate surface area is 212 Å². The number of carbonyl (C=O) groups excluding carboxylic acids is 2. The number of hydrogen-bond acceptors (Lipinski definition) is 8. The normalized spacial score (nSPS) is 36.3. The minimum atomic E-state index is -1.85. The Bertz CT molecular complexity index is 1140. The van der Waals surface area contributed by atoms with E-state index in [1.54, 1.807) is 32.0 Å². The topological polar surface area (TPSA) is 122 Å². The molecule has 3 heterocycles. The van der Waals surface area contributed by atoms with Crippen molar-refractivity contribution in [1.29, 1.82) is 0 Å². The number of ketones is 1. The molecule has 36 heavy (non-hydrogen) atoms. The Balaban J connectivity index is 1.66. The lowest BCUT2D eigenvalue weighted by molar-refractivity contribution is -0.171. The molecular formula is C28H39NO7. The Morgan fingerprint density at radius 2 is 1.83 bits per heavy atom. The second-order valence-corrected chi connectivity index (χ2v) is 11.7. The maximum atomic E-state index is 13.2. The van der Waals surface area contributed by atoms with Crippen LogP contribution in [0.4, 0.5) is 0 Å². The van der Waals surface area contributed by atoms with Crippen molar-refractivity contribution >= 4 is 22.9 Å². The molecule has 198 valence electrons. The van der Waals surface area contributed by atoms with Crippen molar-refractivity contribution in [2.24, 2.45) is 17.3 Å². The molecule has 0 spiro atoms. The van der Waals surface area contributed by atoms with E-state index < -0.39 is 35.0 Å². The molecule has 0 amide bonds. The zero-order valence-electron chi connectivity index (χ0n) is 22.2. The smallest absolute Gasteiger partial charge is 0.306 e. The number of oxazole rings is 1. The summed E-state index contributed by atoms with van der Waals surface area (Å²) in [5.74, 6) is -1.57. The first-order chi connectivity index (χ1) is 16.8. The van der Waals surface area contributed by atoms with E-state index in [1.165, 1.54) is 0 Å². The maximum Gasteiger partial charge on any atom is 0.306 e. The lowest BCUT2D eigenvalue weighted by Crippen LogP contribution is -2.42. The van der Waals surface area contributed by atoms with Gasteiger partial charge in [0.15, 0.2) is 23.7 Å². The molecule has 2 aromatic rings. The number of aryl methyl sites for hydroxylation is 1. The number of rotatable bonds is 1. The second kappa shape index (κ2) is 9.54. The van der Waals surface area contributed by atoms with Crippen molar-refractivity contribution in [1.82, 2.24) is 4.98 Å². The van der Waals surface area contributed by atoms with Gasteiger partial charge in [-0.25, -0.2) is 4.98 Å². The predicted molar refractivity (Wildman–Crippen MR) is 133 cm³/mol. The standard InChI is InChI=1S/C28H39NO7/c1-16-8-7-12-27(6)28(33,36-27)25(32)23(19-9-10-21-20(15-19)29-18(3)34-21)35-22(30)11-13-26(4,5)24(31)17(2)14-16/h9-10,15-17,23,25,32-33H,7-8,11-14H2,1-6H3. The number of esters is 1. The van der Waals surface area contributed by atoms with Crippen LogP contribution in [0.3, 0.4) is 0 Å². The van der Waals surface area contributed by atoms with Crippen molar-refractivity contribution in [3.63, 3.8) is 0 Å². The number of nitrogens with zero attached hydrogens (tertiary/aromatic N) is 1. The van der Waals surface area contributed by atoms with E-state index in [9.17, 15) is 19.8 Å². The van der Waals surface area contributed by atoms with Crippen molar-refractivity contribution < 1.29 is 33.7 Å². The molecule has 4 rings (SSSR count). The summed E-state index contributed by atoms with van der Waals surface area (Å²) in [5.41, 5.74) is -0.0499. The van der Waals surface area contributed by atoms with E-state index in [0.29, 0.717) is 41.3 Å². The highest BCUT2D eigenvalue weighted by Crippen LogP contribution is 2.54. The molecule has 2 fully saturated rings. The molecule has 2 aliphatic rings. The molecule has 0 bridgehead atoms. The molecule has 0 radical (unpaired) electrons. The maximum absolute atomic E-state index is 13.2. The molecule has 1 aromatic heterocycles. The van der Waals surface area contributed by atoms with E-state index in [0.717, 1.165) is 19.3 Å². The van der Waals surface area contributed by atoms with Gasteiger partial charge < -0.3 is 24.1 Å². The molecule has 2 aliphatic heterocycles. The first kappa shape index (κ1) is 26.8. The fourth-order valence-electron chi connectivity index (χ4n) is 5.70. The summed E-state index contributed by atoms with van der Waals surface area (Å²) in [7, 11) is 0. The molecule has 2 N–H and O–H groups in total. The molecule has 8 nitrogen and oxygen atoms in total. The number of Topliss-reactive ketones (excluding diaryl/α,β-unsaturated/α-hetero) is 1. The summed E-state index contributed by atoms with van der Waals surface area (Å²) >= 11 is 0. The van der Waals surface area contributed by atoms with Crippen molar-refractivity contribution in [3.8, 4) is 0 Å². The summed E-state index contributed by atoms with van der Waals surface area (Å²) in [4.78, 5) is 30.5. The van der Waals surface area contributed by atoms with Crippen LogP contribution in [0.2, 0.25) is 0 Å². The van der Waals surface area contributed by atoms with E-state index in [-0.39, 0.29) is 18.1 Å². The minimum Gasteiger partial charge on any atom is -0.454 e. The number of cyclic esters (lactones) is 1. The number of ether oxygens (including phenoxy) is 2. The zero-order valence-corrected chi connectivity index (χ0v) is 22.2. The van der Waals surface area contributed by atoms with Crippen LogP contribution in [0.5, 0.6) is 0 Å². The zero-order chi connectivity index (χ0) is 26.5. The van der Waals surface area contributed by atoms with Crippen LogP contribution >= 0.6 is 0 Å². The largest absolute Gasteiger partial charge is 0.454 e. The monoisotopic (exact) mass is 501 g/mol. The second-order valence-electron chi connectivity index (χ2n) is 11.7. The van der Waals surface area contributed by atoms with Gasteiger partial charge in [-0.3, -0.25) is 9.59 Å². The number of hydrogen-bond donors (Lipinski definition) is 2. The average Bonchev–Trinajstić information content (AvgIpc) is 3.16. The Morgan fingerprint density at radius 1 is 1.11 bits per heavy atom. The SMILES string of the molecule is Cc1nc2cc(C3OC(=O)CCC(C)(C)C(=O)C(C)CC(C)CCCC4(C)OC4(O)C3O)ccc2o1. The van der Waals surface area contributed by atoms with Crippen LogP contribution in [-0.2, 0) is 19.1 Å². The van der Waals surface area contributed by atoms with Gasteiger partial charge in [0.05, 0.1) is 0 Å². The molecule has 1 aromatic carbocycles. The van der Waals surface area contributed by atoms with Crippen LogP contribution < -0.4 is 0 Å².